The summed E-state index contributed by atoms with van der Waals surface area (Å²) in [6, 6.07) is 7.26. The summed E-state index contributed by atoms with van der Waals surface area (Å²) in [4.78, 5) is 10.1. The van der Waals surface area contributed by atoms with Crippen molar-refractivity contribution in [2.45, 2.75) is 4.90 Å². The van der Waals surface area contributed by atoms with E-state index in [0.29, 0.717) is 0 Å². The molecule has 0 saturated carbocycles. The van der Waals surface area contributed by atoms with E-state index in [1.165, 1.54) is 24.3 Å². The summed E-state index contributed by atoms with van der Waals surface area (Å²) in [5.74, 6) is 0. The molecule has 0 aliphatic carbocycles. The highest BCUT2D eigenvalue weighted by atomic mass is 32.2. The Morgan fingerprint density at radius 1 is 1.33 bits per heavy atom. The fourth-order valence-electron chi connectivity index (χ4n) is 0.691. The van der Waals surface area contributed by atoms with Gasteiger partial charge in [-0.3, -0.25) is 0 Å². The highest BCUT2D eigenvalue weighted by Gasteiger charge is 2.20. The van der Waals surface area contributed by atoms with E-state index >= 15 is 0 Å². The Labute approximate surface area is 69.3 Å². The molecule has 12 heavy (non-hydrogen) atoms. The first-order valence-electron chi connectivity index (χ1n) is 3.03. The third-order valence-electron chi connectivity index (χ3n) is 1.27. The second-order valence-electron chi connectivity index (χ2n) is 2.06. The summed E-state index contributed by atoms with van der Waals surface area (Å²) in [5.41, 5.74) is 0. The van der Waals surface area contributed by atoms with Gasteiger partial charge in [0.05, 0.1) is 0 Å². The molecule has 0 amide bonds. The van der Waals surface area contributed by atoms with Gasteiger partial charge in [-0.1, -0.05) is 18.2 Å². The second-order valence-corrected chi connectivity index (χ2v) is 3.88. The van der Waals surface area contributed by atoms with Gasteiger partial charge in [0.2, 0.25) is 0 Å². The lowest BCUT2D eigenvalue weighted by Gasteiger charge is -1.96. The largest absolute Gasteiger partial charge is 0.345 e. The van der Waals surface area contributed by atoms with Crippen LogP contribution < -0.4 is 0 Å². The Hall–Kier alpha value is -1.43. The predicted octanol–water partition coefficient (Wildman–Crippen LogP) is 1.28. The minimum absolute atomic E-state index is 0.0741. The van der Waals surface area contributed by atoms with E-state index < -0.39 is 14.2 Å². The zero-order valence-corrected chi connectivity index (χ0v) is 6.78. The Balaban J connectivity index is 3.26. The highest BCUT2D eigenvalue weighted by molar-refractivity contribution is 7.86. The Kier molecular flexibility index (Phi) is 2.09. The van der Waals surface area contributed by atoms with Gasteiger partial charge in [-0.25, -0.2) is 10.1 Å². The molecule has 1 aromatic rings. The monoisotopic (exact) mass is 186 g/mol. The molecule has 1 unspecified atom stereocenters. The maximum Gasteiger partial charge on any atom is 0.345 e. The van der Waals surface area contributed by atoms with Crippen molar-refractivity contribution in [1.29, 1.82) is 4.78 Å². The summed E-state index contributed by atoms with van der Waals surface area (Å²) >= 11 is 0. The number of nitrogens with one attached hydrogen (secondary N) is 1. The van der Waals surface area contributed by atoms with Crippen molar-refractivity contribution in [1.82, 2.24) is 0 Å². The van der Waals surface area contributed by atoms with Crippen molar-refractivity contribution >= 4 is 9.92 Å². The van der Waals surface area contributed by atoms with Crippen molar-refractivity contribution in [3.05, 3.63) is 40.4 Å². The van der Waals surface area contributed by atoms with Crippen LogP contribution >= 0.6 is 0 Å². The molecule has 0 spiro atoms. The maximum absolute atomic E-state index is 11.1. The van der Waals surface area contributed by atoms with Gasteiger partial charge < -0.3 is 0 Å². The molecular weight excluding hydrogens is 180 g/mol. The molecule has 1 atom stereocenters. The van der Waals surface area contributed by atoms with Crippen LogP contribution in [0.1, 0.15) is 0 Å². The van der Waals surface area contributed by atoms with Crippen LogP contribution in [0, 0.1) is 14.9 Å². The van der Waals surface area contributed by atoms with Crippen molar-refractivity contribution in [3.8, 4) is 0 Å². The Bertz CT molecular complexity index is 385. The lowest BCUT2D eigenvalue weighted by atomic mass is 10.4. The van der Waals surface area contributed by atoms with Gasteiger partial charge in [0.15, 0.2) is 0 Å². The number of benzene rings is 1. The molecule has 0 fully saturated rings. The summed E-state index contributed by atoms with van der Waals surface area (Å²) in [6.07, 6.45) is 0. The van der Waals surface area contributed by atoms with Crippen LogP contribution in [-0.2, 0) is 9.92 Å². The summed E-state index contributed by atoms with van der Waals surface area (Å²) in [6.45, 7) is 0. The summed E-state index contributed by atoms with van der Waals surface area (Å²) in [5, 5.41) is 10.2. The molecule has 0 radical (unpaired) electrons. The van der Waals surface area contributed by atoms with E-state index in [1.54, 1.807) is 6.07 Å². The van der Waals surface area contributed by atoms with E-state index in [9.17, 15) is 14.3 Å². The van der Waals surface area contributed by atoms with Crippen LogP contribution in [0.4, 0.5) is 0 Å². The molecular formula is C6H6N2O3S. The van der Waals surface area contributed by atoms with Crippen molar-refractivity contribution in [3.63, 3.8) is 0 Å². The number of nitrogens with zero attached hydrogens (tertiary/aromatic N) is 1. The molecule has 1 rings (SSSR count). The van der Waals surface area contributed by atoms with E-state index in [2.05, 4.69) is 0 Å². The average molecular weight is 186 g/mol. The van der Waals surface area contributed by atoms with Gasteiger partial charge in [-0.05, 0) is 12.1 Å². The summed E-state index contributed by atoms with van der Waals surface area (Å²) < 4.78 is 16.9. The molecule has 64 valence electrons. The molecule has 5 nitrogen and oxygen atoms in total. The Morgan fingerprint density at radius 3 is 2.25 bits per heavy atom. The summed E-state index contributed by atoms with van der Waals surface area (Å²) in [7, 11) is -3.85. The van der Waals surface area contributed by atoms with Gasteiger partial charge in [-0.15, -0.1) is 0 Å². The number of hydrogen-bond donors (Lipinski definition) is 1. The first-order chi connectivity index (χ1) is 5.55. The van der Waals surface area contributed by atoms with E-state index in [-0.39, 0.29) is 4.90 Å². The minimum atomic E-state index is -3.85. The van der Waals surface area contributed by atoms with Crippen molar-refractivity contribution in [2.75, 3.05) is 0 Å². The quantitative estimate of drug-likeness (QED) is 0.557. The molecule has 0 heterocycles. The number of hydrogen-bond acceptors (Lipinski definition) is 4. The molecule has 1 N–H and O–H groups in total. The zero-order valence-electron chi connectivity index (χ0n) is 5.97. The standard InChI is InChI=1S/C6H6N2O3S/c7-12(11,8(9)10)6-4-2-1-3-5-6/h1-5,7H. The fraction of sp³-hybridized carbons (Fsp3) is 0. The topological polar surface area (TPSA) is 84.1 Å². The molecule has 0 aliphatic rings. The van der Waals surface area contributed by atoms with Crippen LogP contribution in [0.3, 0.4) is 0 Å². The van der Waals surface area contributed by atoms with Gasteiger partial charge in [-0.2, -0.15) is 8.99 Å². The average Bonchev–Trinajstić information content (AvgIpc) is 2.06. The fourth-order valence-corrected chi connectivity index (χ4v) is 1.39. The molecule has 0 saturated heterocycles. The van der Waals surface area contributed by atoms with Crippen molar-refractivity contribution in [2.24, 2.45) is 0 Å². The molecule has 1 aromatic carbocycles. The molecule has 0 aromatic heterocycles. The lowest BCUT2D eigenvalue weighted by molar-refractivity contribution is -0.300. The van der Waals surface area contributed by atoms with Crippen LogP contribution in [0.2, 0.25) is 0 Å². The SMILES string of the molecule is N=S(=O)(c1ccccc1)[N+](=O)[O-]. The highest BCUT2D eigenvalue weighted by Crippen LogP contribution is 2.10. The van der Waals surface area contributed by atoms with Crippen LogP contribution in [0.5, 0.6) is 0 Å². The van der Waals surface area contributed by atoms with E-state index in [0.717, 1.165) is 0 Å². The van der Waals surface area contributed by atoms with E-state index in [1.807, 2.05) is 0 Å². The first-order valence-corrected chi connectivity index (χ1v) is 4.55. The van der Waals surface area contributed by atoms with Gasteiger partial charge in [0.1, 0.15) is 9.22 Å². The lowest BCUT2D eigenvalue weighted by Crippen LogP contribution is -2.10. The maximum atomic E-state index is 11.1. The van der Waals surface area contributed by atoms with Gasteiger partial charge in [0.25, 0.3) is 0 Å². The molecule has 0 aliphatic heterocycles. The van der Waals surface area contributed by atoms with Crippen LogP contribution in [0.15, 0.2) is 35.2 Å². The van der Waals surface area contributed by atoms with Crippen LogP contribution in [-0.4, -0.2) is 8.54 Å². The second kappa shape index (κ2) is 2.90. The van der Waals surface area contributed by atoms with Gasteiger partial charge in [0, 0.05) is 0 Å². The third kappa shape index (κ3) is 1.42. The van der Waals surface area contributed by atoms with Crippen molar-refractivity contribution < 1.29 is 8.54 Å². The predicted molar refractivity (Wildman–Crippen MR) is 42.6 cm³/mol. The van der Waals surface area contributed by atoms with Gasteiger partial charge >= 0.3 is 9.92 Å². The third-order valence-corrected chi connectivity index (χ3v) is 2.60. The first kappa shape index (κ1) is 8.66. The number of rotatable bonds is 2. The van der Waals surface area contributed by atoms with Crippen LogP contribution in [0.25, 0.3) is 0 Å². The molecule has 6 heteroatoms. The normalized spacial score (nSPS) is 15.0. The Morgan fingerprint density at radius 2 is 1.83 bits per heavy atom. The smallest absolute Gasteiger partial charge is 0.248 e. The zero-order chi connectivity index (χ0) is 9.19. The molecule has 0 bridgehead atoms. The number of nitro groups is 1. The van der Waals surface area contributed by atoms with E-state index in [4.69, 9.17) is 4.78 Å². The minimum Gasteiger partial charge on any atom is -0.248 e.